The summed E-state index contributed by atoms with van der Waals surface area (Å²) >= 11 is 6.35. The summed E-state index contributed by atoms with van der Waals surface area (Å²) in [6, 6.07) is 6.51. The van der Waals surface area contributed by atoms with Crippen LogP contribution in [0.5, 0.6) is 11.5 Å². The summed E-state index contributed by atoms with van der Waals surface area (Å²) in [6.07, 6.45) is 5.15. The number of aliphatic hydroxyl groups excluding tert-OH is 1. The van der Waals surface area contributed by atoms with Crippen LogP contribution < -0.4 is 20.1 Å². The third-order valence-corrected chi connectivity index (χ3v) is 5.37. The van der Waals surface area contributed by atoms with Gasteiger partial charge in [0.05, 0.1) is 31.6 Å². The maximum absolute atomic E-state index is 15.0. The number of aliphatic hydroxyl groups is 1. The van der Waals surface area contributed by atoms with E-state index in [1.807, 2.05) is 0 Å². The number of anilines is 4. The van der Waals surface area contributed by atoms with E-state index in [-0.39, 0.29) is 28.0 Å². The molecule has 0 saturated heterocycles. The van der Waals surface area contributed by atoms with Crippen molar-refractivity contribution in [1.29, 1.82) is 0 Å². The van der Waals surface area contributed by atoms with Crippen molar-refractivity contribution in [2.75, 3.05) is 24.9 Å². The maximum Gasteiger partial charge on any atom is 0.190 e. The fourth-order valence-corrected chi connectivity index (χ4v) is 3.42. The zero-order valence-corrected chi connectivity index (χ0v) is 19.7. The number of aromatic nitrogens is 5. The van der Waals surface area contributed by atoms with Gasteiger partial charge in [-0.15, -0.1) is 0 Å². The van der Waals surface area contributed by atoms with E-state index in [0.29, 0.717) is 28.5 Å². The topological polar surface area (TPSA) is 127 Å². The van der Waals surface area contributed by atoms with Gasteiger partial charge in [0.15, 0.2) is 11.6 Å². The first-order chi connectivity index (χ1) is 16.9. The van der Waals surface area contributed by atoms with Crippen molar-refractivity contribution in [2.24, 2.45) is 0 Å². The van der Waals surface area contributed by atoms with E-state index in [2.05, 4.69) is 35.6 Å². The van der Waals surface area contributed by atoms with Gasteiger partial charge in [0.2, 0.25) is 0 Å². The van der Waals surface area contributed by atoms with Crippen molar-refractivity contribution in [3.8, 4) is 22.8 Å². The molecule has 10 nitrogen and oxygen atoms in total. The van der Waals surface area contributed by atoms with Gasteiger partial charge in [0, 0.05) is 24.5 Å². The first-order valence-electron chi connectivity index (χ1n) is 10.3. The predicted octanol–water partition coefficient (Wildman–Crippen LogP) is 4.68. The molecule has 3 aromatic heterocycles. The lowest BCUT2D eigenvalue weighted by Crippen LogP contribution is -2.04. The summed E-state index contributed by atoms with van der Waals surface area (Å²) in [7, 11) is 2.76. The van der Waals surface area contributed by atoms with Gasteiger partial charge in [-0.05, 0) is 18.6 Å². The number of pyridine rings is 1. The molecule has 0 aliphatic carbocycles. The van der Waals surface area contributed by atoms with Gasteiger partial charge in [-0.3, -0.25) is 0 Å². The molecule has 4 rings (SSSR count). The number of rotatable bonds is 8. The molecule has 0 spiro atoms. The molecule has 4 aromatic rings. The molecule has 0 saturated carbocycles. The number of nitrogens with zero attached hydrogens (tertiary/aromatic N) is 5. The van der Waals surface area contributed by atoms with Gasteiger partial charge in [0.1, 0.15) is 46.6 Å². The first kappa shape index (κ1) is 24.0. The molecule has 0 amide bonds. The molecule has 0 aliphatic heterocycles. The van der Waals surface area contributed by atoms with Crippen LogP contribution in [0.4, 0.5) is 27.5 Å². The van der Waals surface area contributed by atoms with Crippen molar-refractivity contribution in [3.05, 3.63) is 65.7 Å². The van der Waals surface area contributed by atoms with Crippen LogP contribution in [-0.4, -0.2) is 44.2 Å². The van der Waals surface area contributed by atoms with Crippen molar-refractivity contribution < 1.29 is 19.0 Å². The summed E-state index contributed by atoms with van der Waals surface area (Å²) in [5.74, 6) is 0.700. The summed E-state index contributed by atoms with van der Waals surface area (Å²) in [5.41, 5.74) is 1.54. The van der Waals surface area contributed by atoms with Crippen molar-refractivity contribution in [2.45, 2.75) is 13.0 Å². The van der Waals surface area contributed by atoms with Crippen LogP contribution in [0.25, 0.3) is 11.3 Å². The van der Waals surface area contributed by atoms with Gasteiger partial charge in [-0.25, -0.2) is 29.3 Å². The zero-order chi connectivity index (χ0) is 24.9. The highest BCUT2D eigenvalue weighted by molar-refractivity contribution is 6.35. The normalized spacial score (nSPS) is 11.6. The Hall–Kier alpha value is -4.09. The number of nitrogens with one attached hydrogen (secondary N) is 2. The van der Waals surface area contributed by atoms with E-state index < -0.39 is 11.9 Å². The molecule has 0 aliphatic rings. The van der Waals surface area contributed by atoms with Crippen LogP contribution >= 0.6 is 11.6 Å². The molecule has 35 heavy (non-hydrogen) atoms. The monoisotopic (exact) mass is 497 g/mol. The Bertz CT molecular complexity index is 1310. The maximum atomic E-state index is 15.0. The largest absolute Gasteiger partial charge is 0.495 e. The van der Waals surface area contributed by atoms with Gasteiger partial charge < -0.3 is 25.2 Å². The Morgan fingerprint density at radius 3 is 2.43 bits per heavy atom. The van der Waals surface area contributed by atoms with Gasteiger partial charge in [-0.2, -0.15) is 0 Å². The molecular weight excluding hydrogens is 477 g/mol. The summed E-state index contributed by atoms with van der Waals surface area (Å²) in [4.78, 5) is 21.1. The van der Waals surface area contributed by atoms with Crippen molar-refractivity contribution in [1.82, 2.24) is 24.9 Å². The van der Waals surface area contributed by atoms with Gasteiger partial charge in [-0.1, -0.05) is 17.7 Å². The van der Waals surface area contributed by atoms with Crippen LogP contribution in [-0.2, 0) is 0 Å². The molecular formula is C23H21ClFN7O3. The lowest BCUT2D eigenvalue weighted by molar-refractivity contribution is 0.199. The van der Waals surface area contributed by atoms with Crippen LogP contribution in [0.3, 0.4) is 0 Å². The second-order valence-electron chi connectivity index (χ2n) is 7.26. The van der Waals surface area contributed by atoms with Crippen molar-refractivity contribution >= 4 is 34.7 Å². The van der Waals surface area contributed by atoms with E-state index in [0.717, 1.165) is 0 Å². The third kappa shape index (κ3) is 5.20. The molecule has 0 bridgehead atoms. The molecule has 0 fully saturated rings. The quantitative estimate of drug-likeness (QED) is 0.315. The smallest absolute Gasteiger partial charge is 0.190 e. The Morgan fingerprint density at radius 1 is 0.943 bits per heavy atom. The molecule has 180 valence electrons. The minimum atomic E-state index is -0.709. The number of benzene rings is 1. The Kier molecular flexibility index (Phi) is 7.18. The van der Waals surface area contributed by atoms with E-state index in [1.165, 1.54) is 39.1 Å². The van der Waals surface area contributed by atoms with Crippen molar-refractivity contribution in [3.63, 3.8) is 0 Å². The van der Waals surface area contributed by atoms with Crippen LogP contribution in [0, 0.1) is 5.82 Å². The number of hydrogen-bond acceptors (Lipinski definition) is 10. The highest BCUT2D eigenvalue weighted by atomic mass is 35.5. The molecule has 1 atom stereocenters. The summed E-state index contributed by atoms with van der Waals surface area (Å²) in [5, 5.41) is 15.7. The van der Waals surface area contributed by atoms with E-state index in [1.54, 1.807) is 31.3 Å². The van der Waals surface area contributed by atoms with Crippen LogP contribution in [0.1, 0.15) is 18.6 Å². The second kappa shape index (κ2) is 10.5. The first-order valence-corrected chi connectivity index (χ1v) is 10.7. The SMILES string of the molecule is COc1cc(OC)c(Cl)c(Nc2ncncc2-c2cc(Nc3ccc(C(C)O)cn3)ncn2)c1F. The molecule has 3 heterocycles. The molecule has 0 radical (unpaired) electrons. The Balaban J connectivity index is 1.67. The lowest BCUT2D eigenvalue weighted by atomic mass is 10.2. The minimum absolute atomic E-state index is 0.0205. The average molecular weight is 498 g/mol. The molecule has 1 aromatic carbocycles. The summed E-state index contributed by atoms with van der Waals surface area (Å²) in [6.45, 7) is 1.66. The predicted molar refractivity (Wildman–Crippen MR) is 129 cm³/mol. The van der Waals surface area contributed by atoms with E-state index in [4.69, 9.17) is 21.1 Å². The number of methoxy groups -OCH3 is 2. The number of hydrogen-bond donors (Lipinski definition) is 3. The number of halogens is 2. The third-order valence-electron chi connectivity index (χ3n) is 5.00. The molecule has 12 heteroatoms. The average Bonchev–Trinajstić information content (AvgIpc) is 2.87. The summed E-state index contributed by atoms with van der Waals surface area (Å²) < 4.78 is 25.3. The lowest BCUT2D eigenvalue weighted by Gasteiger charge is -2.16. The number of ether oxygens (including phenoxy) is 2. The minimum Gasteiger partial charge on any atom is -0.495 e. The van der Waals surface area contributed by atoms with Crippen LogP contribution in [0.15, 0.2) is 49.3 Å². The van der Waals surface area contributed by atoms with Gasteiger partial charge in [0.25, 0.3) is 0 Å². The fourth-order valence-electron chi connectivity index (χ4n) is 3.16. The highest BCUT2D eigenvalue weighted by Gasteiger charge is 2.21. The standard InChI is InChI=1S/C23H21ClFN7O3/c1-12(33)13-4-5-18(27-8-13)31-19-6-15(28-11-29-19)14-9-26-10-30-23(14)32-22-20(24)16(34-2)7-17(35-3)21(22)25/h4-12,33H,1-3H3,(H,26,30,32)(H,27,28,29,31). The zero-order valence-electron chi connectivity index (χ0n) is 19.0. The molecule has 3 N–H and O–H groups in total. The van der Waals surface area contributed by atoms with Crippen LogP contribution in [0.2, 0.25) is 5.02 Å². The highest BCUT2D eigenvalue weighted by Crippen LogP contribution is 2.42. The van der Waals surface area contributed by atoms with E-state index >= 15 is 4.39 Å². The second-order valence-corrected chi connectivity index (χ2v) is 7.64. The molecule has 1 unspecified atom stereocenters. The Morgan fingerprint density at radius 2 is 1.74 bits per heavy atom. The Labute approximate surface area is 205 Å². The van der Waals surface area contributed by atoms with Gasteiger partial charge >= 0.3 is 0 Å². The fraction of sp³-hybridized carbons (Fsp3) is 0.174. The van der Waals surface area contributed by atoms with E-state index in [9.17, 15) is 5.11 Å².